The molecule has 1 atom stereocenters. The Morgan fingerprint density at radius 2 is 0.506 bits per heavy atom. The van der Waals surface area contributed by atoms with E-state index in [-0.39, 0.29) is 31.1 Å². The van der Waals surface area contributed by atoms with Gasteiger partial charge in [0.05, 0.1) is 0 Å². The van der Waals surface area contributed by atoms with E-state index >= 15 is 0 Å². The van der Waals surface area contributed by atoms with Crippen molar-refractivity contribution < 1.29 is 28.6 Å². The Morgan fingerprint density at radius 1 is 0.273 bits per heavy atom. The van der Waals surface area contributed by atoms with Gasteiger partial charge in [0.25, 0.3) is 0 Å². The molecule has 0 radical (unpaired) electrons. The number of carbonyl (C=O) groups is 3. The second-order valence-electron chi connectivity index (χ2n) is 20.6. The highest BCUT2D eigenvalue weighted by molar-refractivity contribution is 5.71. The maximum absolute atomic E-state index is 12.9. The molecule has 77 heavy (non-hydrogen) atoms. The van der Waals surface area contributed by atoms with Crippen molar-refractivity contribution in [2.45, 2.75) is 284 Å². The fourth-order valence-electron chi connectivity index (χ4n) is 8.47. The summed E-state index contributed by atoms with van der Waals surface area (Å²) in [5.41, 5.74) is 0. The van der Waals surface area contributed by atoms with E-state index in [0.717, 1.165) is 141 Å². The number of allylic oxidation sites excluding steroid dienone is 22. The summed E-state index contributed by atoms with van der Waals surface area (Å²) in [4.78, 5) is 38.2. The molecule has 0 aliphatic carbocycles. The first-order valence-electron chi connectivity index (χ1n) is 31.7. The van der Waals surface area contributed by atoms with Crippen LogP contribution in [0, 0.1) is 0 Å². The molecule has 0 bridgehead atoms. The second-order valence-corrected chi connectivity index (χ2v) is 20.6. The zero-order chi connectivity index (χ0) is 55.7. The summed E-state index contributed by atoms with van der Waals surface area (Å²) in [5.74, 6) is -0.921. The predicted molar refractivity (Wildman–Crippen MR) is 334 cm³/mol. The molecule has 0 rings (SSSR count). The summed E-state index contributed by atoms with van der Waals surface area (Å²) in [6, 6.07) is 0. The van der Waals surface area contributed by atoms with E-state index in [9.17, 15) is 14.4 Å². The van der Waals surface area contributed by atoms with Gasteiger partial charge in [0.2, 0.25) is 0 Å². The minimum absolute atomic E-state index is 0.0909. The van der Waals surface area contributed by atoms with E-state index in [0.29, 0.717) is 19.3 Å². The Hall–Kier alpha value is -4.45. The molecule has 1 unspecified atom stereocenters. The molecule has 0 aromatic heterocycles. The monoisotopic (exact) mass is 1060 g/mol. The van der Waals surface area contributed by atoms with Crippen LogP contribution in [-0.4, -0.2) is 37.2 Å². The van der Waals surface area contributed by atoms with Crippen LogP contribution < -0.4 is 0 Å². The molecule has 0 aliphatic heterocycles. The maximum atomic E-state index is 12.9. The number of hydrogen-bond donors (Lipinski definition) is 0. The molecule has 436 valence electrons. The molecule has 0 saturated heterocycles. The van der Waals surface area contributed by atoms with Gasteiger partial charge in [-0.2, -0.15) is 0 Å². The summed E-state index contributed by atoms with van der Waals surface area (Å²) < 4.78 is 16.9. The summed E-state index contributed by atoms with van der Waals surface area (Å²) in [6.45, 7) is 6.37. The lowest BCUT2D eigenvalue weighted by atomic mass is 10.0. The van der Waals surface area contributed by atoms with E-state index in [1.54, 1.807) is 0 Å². The first kappa shape index (κ1) is 72.5. The molecule has 0 heterocycles. The topological polar surface area (TPSA) is 78.9 Å². The van der Waals surface area contributed by atoms with Crippen LogP contribution in [0.5, 0.6) is 0 Å². The van der Waals surface area contributed by atoms with Crippen LogP contribution in [0.4, 0.5) is 0 Å². The highest BCUT2D eigenvalue weighted by Crippen LogP contribution is 2.15. The third-order valence-electron chi connectivity index (χ3n) is 13.2. The SMILES string of the molecule is CC/C=C\C/C=C\C/C=C\C/C=C\C/C=C\C/C=C\CCCCCCC(=O)OC(COC(=O)CCCCCCCCCCC)COC(=O)CCCCCCCCCCCCC/C=C\C/C=C\C/C=C\C/C=C\C/C=C\CC. The standard InChI is InChI=1S/C71H116O6/c1-4-7-10-13-16-19-21-23-25-27-29-31-33-34-35-36-38-39-41-43-45-47-49-52-55-58-61-64-70(73)76-67-68(66-75-69(72)63-60-57-54-51-18-15-12-9-6-3)77-71(74)65-62-59-56-53-50-48-46-44-42-40-37-32-30-28-26-24-22-20-17-14-11-8-5-2/h7-8,10-11,16-17,19-20,23-26,29-32,34-35,40,42,46,48,68H,4-6,9,12-15,18,21-22,27-28,33,36-39,41,43-45,47,49-67H2,1-3H3/b10-7-,11-8-,19-16-,20-17-,25-23-,26-24-,31-29-,32-30-,35-34-,42-40-,48-46-. The predicted octanol–water partition coefficient (Wildman–Crippen LogP) is 21.8. The molecule has 0 spiro atoms. The van der Waals surface area contributed by atoms with E-state index < -0.39 is 6.10 Å². The third kappa shape index (κ3) is 62.3. The molecule has 0 aromatic carbocycles. The lowest BCUT2D eigenvalue weighted by Gasteiger charge is -2.18. The molecule has 0 aromatic rings. The Bertz CT molecular complexity index is 1650. The normalized spacial score (nSPS) is 13.0. The summed E-state index contributed by atoms with van der Waals surface area (Å²) >= 11 is 0. The fourth-order valence-corrected chi connectivity index (χ4v) is 8.47. The summed E-state index contributed by atoms with van der Waals surface area (Å²) in [7, 11) is 0. The number of esters is 3. The molecule has 0 aliphatic rings. The lowest BCUT2D eigenvalue weighted by Crippen LogP contribution is -2.30. The Labute approximate surface area is 475 Å². The zero-order valence-corrected chi connectivity index (χ0v) is 49.9. The van der Waals surface area contributed by atoms with Crippen LogP contribution in [0.1, 0.15) is 278 Å². The molecule has 6 heteroatoms. The average molecular weight is 1070 g/mol. The second kappa shape index (κ2) is 64.1. The van der Waals surface area contributed by atoms with E-state index in [1.807, 2.05) is 0 Å². The minimum atomic E-state index is -0.796. The molecule has 6 nitrogen and oxygen atoms in total. The average Bonchev–Trinajstić information content (AvgIpc) is 3.43. The van der Waals surface area contributed by atoms with Gasteiger partial charge in [0.15, 0.2) is 6.10 Å². The Kier molecular flexibility index (Phi) is 60.4. The van der Waals surface area contributed by atoms with Crippen molar-refractivity contribution in [2.24, 2.45) is 0 Å². The Morgan fingerprint density at radius 3 is 0.792 bits per heavy atom. The smallest absolute Gasteiger partial charge is 0.306 e. The largest absolute Gasteiger partial charge is 0.462 e. The number of unbranched alkanes of at least 4 members (excludes halogenated alkanes) is 23. The minimum Gasteiger partial charge on any atom is -0.462 e. The van der Waals surface area contributed by atoms with Crippen LogP contribution in [0.3, 0.4) is 0 Å². The van der Waals surface area contributed by atoms with Gasteiger partial charge in [-0.1, -0.05) is 276 Å². The highest BCUT2D eigenvalue weighted by Gasteiger charge is 2.19. The van der Waals surface area contributed by atoms with Crippen molar-refractivity contribution in [1.82, 2.24) is 0 Å². The van der Waals surface area contributed by atoms with E-state index in [1.165, 1.54) is 96.3 Å². The maximum Gasteiger partial charge on any atom is 0.306 e. The van der Waals surface area contributed by atoms with Crippen LogP contribution in [-0.2, 0) is 28.6 Å². The van der Waals surface area contributed by atoms with Gasteiger partial charge in [-0.25, -0.2) is 0 Å². The molecule has 0 amide bonds. The van der Waals surface area contributed by atoms with Crippen LogP contribution in [0.15, 0.2) is 134 Å². The van der Waals surface area contributed by atoms with Crippen molar-refractivity contribution >= 4 is 17.9 Å². The molecule has 0 saturated carbocycles. The van der Waals surface area contributed by atoms with Gasteiger partial charge in [-0.15, -0.1) is 0 Å². The van der Waals surface area contributed by atoms with Crippen LogP contribution >= 0.6 is 0 Å². The molecule has 0 N–H and O–H groups in total. The van der Waals surface area contributed by atoms with Gasteiger partial charge in [-0.05, 0) is 116 Å². The van der Waals surface area contributed by atoms with Gasteiger partial charge in [0, 0.05) is 19.3 Å². The van der Waals surface area contributed by atoms with Gasteiger partial charge in [-0.3, -0.25) is 14.4 Å². The molecular weight excluding hydrogens is 949 g/mol. The molecular formula is C71H116O6. The van der Waals surface area contributed by atoms with Crippen LogP contribution in [0.2, 0.25) is 0 Å². The molecule has 0 fully saturated rings. The van der Waals surface area contributed by atoms with Crippen molar-refractivity contribution in [3.8, 4) is 0 Å². The van der Waals surface area contributed by atoms with Gasteiger partial charge in [0.1, 0.15) is 13.2 Å². The van der Waals surface area contributed by atoms with Crippen molar-refractivity contribution in [3.63, 3.8) is 0 Å². The van der Waals surface area contributed by atoms with E-state index in [4.69, 9.17) is 14.2 Å². The number of hydrogen-bond acceptors (Lipinski definition) is 6. The quantitative estimate of drug-likeness (QED) is 0.0261. The zero-order valence-electron chi connectivity index (χ0n) is 49.9. The first-order chi connectivity index (χ1) is 38.0. The summed E-state index contributed by atoms with van der Waals surface area (Å²) in [6.07, 6.45) is 90.3. The first-order valence-corrected chi connectivity index (χ1v) is 31.7. The van der Waals surface area contributed by atoms with E-state index in [2.05, 4.69) is 154 Å². The number of carbonyl (C=O) groups excluding carboxylic acids is 3. The van der Waals surface area contributed by atoms with Crippen LogP contribution in [0.25, 0.3) is 0 Å². The number of ether oxygens (including phenoxy) is 3. The highest BCUT2D eigenvalue weighted by atomic mass is 16.6. The third-order valence-corrected chi connectivity index (χ3v) is 13.2. The Balaban J connectivity index is 4.29. The van der Waals surface area contributed by atoms with Crippen molar-refractivity contribution in [3.05, 3.63) is 134 Å². The lowest BCUT2D eigenvalue weighted by molar-refractivity contribution is -0.167. The van der Waals surface area contributed by atoms with Crippen molar-refractivity contribution in [1.29, 1.82) is 0 Å². The van der Waals surface area contributed by atoms with Crippen molar-refractivity contribution in [2.75, 3.05) is 13.2 Å². The van der Waals surface area contributed by atoms with Gasteiger partial charge >= 0.3 is 17.9 Å². The fraction of sp³-hybridized carbons (Fsp3) is 0.648. The summed E-state index contributed by atoms with van der Waals surface area (Å²) in [5, 5.41) is 0. The number of rotatable bonds is 56. The van der Waals surface area contributed by atoms with Gasteiger partial charge < -0.3 is 14.2 Å².